The first-order valence-corrected chi connectivity index (χ1v) is 5.75. The Morgan fingerprint density at radius 2 is 2.56 bits per heavy atom. The molecule has 98 valence electrons. The molecule has 7 nitrogen and oxygen atoms in total. The molecule has 0 bridgehead atoms. The van der Waals surface area contributed by atoms with Crippen molar-refractivity contribution in [3.8, 4) is 0 Å². The number of nitrogens with zero attached hydrogens (tertiary/aromatic N) is 2. The molecule has 1 aromatic rings. The van der Waals surface area contributed by atoms with Gasteiger partial charge >= 0.3 is 5.97 Å². The van der Waals surface area contributed by atoms with Crippen molar-refractivity contribution in [2.75, 3.05) is 38.7 Å². The lowest BCUT2D eigenvalue weighted by Gasteiger charge is -2.24. The number of hydrogen-bond acceptors (Lipinski definition) is 7. The van der Waals surface area contributed by atoms with Crippen LogP contribution in [0.4, 0.5) is 5.82 Å². The molecule has 1 fully saturated rings. The first kappa shape index (κ1) is 12.7. The number of morpholine rings is 1. The topological polar surface area (TPSA) is 85.4 Å². The lowest BCUT2D eigenvalue weighted by atomic mass is 10.3. The molecule has 1 aromatic heterocycles. The predicted molar refractivity (Wildman–Crippen MR) is 64.5 cm³/mol. The Hall–Kier alpha value is -1.73. The summed E-state index contributed by atoms with van der Waals surface area (Å²) in [6, 6.07) is 0.238. The quantitative estimate of drug-likeness (QED) is 0.709. The lowest BCUT2D eigenvalue weighted by molar-refractivity contribution is 0.0593. The van der Waals surface area contributed by atoms with Crippen molar-refractivity contribution in [2.45, 2.75) is 6.04 Å². The highest BCUT2D eigenvalue weighted by atomic mass is 16.5. The molecule has 1 aliphatic heterocycles. The zero-order chi connectivity index (χ0) is 12.8. The van der Waals surface area contributed by atoms with E-state index in [4.69, 9.17) is 4.74 Å². The number of methoxy groups -OCH3 is 1. The standard InChI is InChI=1S/C11H16N4O3/c1-17-11(16)9-5-12-6-10(15-9)14-4-8-7-18-3-2-13-8/h5-6,8,13H,2-4,7H2,1H3,(H,14,15). The van der Waals surface area contributed by atoms with Gasteiger partial charge in [0.1, 0.15) is 5.82 Å². The van der Waals surface area contributed by atoms with Crippen LogP contribution >= 0.6 is 0 Å². The zero-order valence-electron chi connectivity index (χ0n) is 10.2. The van der Waals surface area contributed by atoms with E-state index >= 15 is 0 Å². The summed E-state index contributed by atoms with van der Waals surface area (Å²) in [6.07, 6.45) is 2.94. The summed E-state index contributed by atoms with van der Waals surface area (Å²) < 4.78 is 9.92. The number of anilines is 1. The highest BCUT2D eigenvalue weighted by molar-refractivity contribution is 5.87. The highest BCUT2D eigenvalue weighted by Gasteiger charge is 2.13. The van der Waals surface area contributed by atoms with Gasteiger partial charge in [-0.3, -0.25) is 4.98 Å². The van der Waals surface area contributed by atoms with Crippen LogP contribution in [0.2, 0.25) is 0 Å². The minimum atomic E-state index is -0.495. The average molecular weight is 252 g/mol. The van der Waals surface area contributed by atoms with E-state index in [1.54, 1.807) is 6.20 Å². The summed E-state index contributed by atoms with van der Waals surface area (Å²) in [7, 11) is 1.31. The van der Waals surface area contributed by atoms with Crippen molar-refractivity contribution >= 4 is 11.8 Å². The highest BCUT2D eigenvalue weighted by Crippen LogP contribution is 2.04. The minimum absolute atomic E-state index is 0.190. The molecule has 1 aliphatic rings. The Bertz CT molecular complexity index is 407. The molecule has 0 radical (unpaired) electrons. The van der Waals surface area contributed by atoms with Gasteiger partial charge in [-0.05, 0) is 0 Å². The van der Waals surface area contributed by atoms with E-state index in [0.717, 1.165) is 13.2 Å². The fraction of sp³-hybridized carbons (Fsp3) is 0.545. The van der Waals surface area contributed by atoms with E-state index in [2.05, 4.69) is 25.3 Å². The monoisotopic (exact) mass is 252 g/mol. The van der Waals surface area contributed by atoms with Crippen LogP contribution in [0, 0.1) is 0 Å². The number of ether oxygens (including phenoxy) is 2. The molecule has 0 aromatic carbocycles. The smallest absolute Gasteiger partial charge is 0.358 e. The van der Waals surface area contributed by atoms with E-state index in [1.165, 1.54) is 13.3 Å². The van der Waals surface area contributed by atoms with Crippen LogP contribution in [-0.4, -0.2) is 55.4 Å². The van der Waals surface area contributed by atoms with Crippen LogP contribution in [0.1, 0.15) is 10.5 Å². The van der Waals surface area contributed by atoms with E-state index in [0.29, 0.717) is 19.0 Å². The van der Waals surface area contributed by atoms with Gasteiger partial charge in [-0.25, -0.2) is 9.78 Å². The molecule has 1 unspecified atom stereocenters. The summed E-state index contributed by atoms with van der Waals surface area (Å²) in [4.78, 5) is 19.3. The van der Waals surface area contributed by atoms with Crippen LogP contribution in [0.5, 0.6) is 0 Å². The van der Waals surface area contributed by atoms with Crippen LogP contribution < -0.4 is 10.6 Å². The second-order valence-electron chi connectivity index (χ2n) is 3.89. The van der Waals surface area contributed by atoms with Gasteiger partial charge in [0.05, 0.1) is 32.7 Å². The van der Waals surface area contributed by atoms with Gasteiger partial charge in [0.15, 0.2) is 5.69 Å². The fourth-order valence-corrected chi connectivity index (χ4v) is 1.63. The van der Waals surface area contributed by atoms with Crippen molar-refractivity contribution < 1.29 is 14.3 Å². The first-order chi connectivity index (χ1) is 8.79. The lowest BCUT2D eigenvalue weighted by Crippen LogP contribution is -2.45. The Kier molecular flexibility index (Phi) is 4.43. The SMILES string of the molecule is COC(=O)c1cncc(NCC2COCCN2)n1. The third-order valence-electron chi connectivity index (χ3n) is 2.56. The number of nitrogens with one attached hydrogen (secondary N) is 2. The Balaban J connectivity index is 1.90. The van der Waals surface area contributed by atoms with E-state index in [9.17, 15) is 4.79 Å². The number of aromatic nitrogens is 2. The molecular formula is C11H16N4O3. The van der Waals surface area contributed by atoms with Gasteiger partial charge in [-0.1, -0.05) is 0 Å². The van der Waals surface area contributed by atoms with Crippen LogP contribution in [0.15, 0.2) is 12.4 Å². The first-order valence-electron chi connectivity index (χ1n) is 5.75. The molecule has 2 N–H and O–H groups in total. The fourth-order valence-electron chi connectivity index (χ4n) is 1.63. The Labute approximate surface area is 105 Å². The number of esters is 1. The van der Waals surface area contributed by atoms with Crippen molar-refractivity contribution in [3.63, 3.8) is 0 Å². The molecule has 0 amide bonds. The minimum Gasteiger partial charge on any atom is -0.464 e. The summed E-state index contributed by atoms with van der Waals surface area (Å²) in [5, 5.41) is 6.42. The number of rotatable bonds is 4. The van der Waals surface area contributed by atoms with Crippen molar-refractivity contribution in [1.82, 2.24) is 15.3 Å². The van der Waals surface area contributed by atoms with Crippen LogP contribution in [-0.2, 0) is 9.47 Å². The molecule has 0 aliphatic carbocycles. The predicted octanol–water partition coefficient (Wildman–Crippen LogP) is -0.336. The van der Waals surface area contributed by atoms with Gasteiger partial charge in [-0.15, -0.1) is 0 Å². The maximum atomic E-state index is 11.3. The molecule has 1 saturated heterocycles. The Morgan fingerprint density at radius 1 is 1.67 bits per heavy atom. The molecule has 1 atom stereocenters. The Morgan fingerprint density at radius 3 is 3.28 bits per heavy atom. The molecular weight excluding hydrogens is 236 g/mol. The largest absolute Gasteiger partial charge is 0.464 e. The second-order valence-corrected chi connectivity index (χ2v) is 3.89. The molecule has 0 spiro atoms. The third-order valence-corrected chi connectivity index (χ3v) is 2.56. The van der Waals surface area contributed by atoms with Gasteiger partial charge in [0, 0.05) is 19.1 Å². The molecule has 18 heavy (non-hydrogen) atoms. The van der Waals surface area contributed by atoms with Gasteiger partial charge < -0.3 is 20.1 Å². The molecule has 2 heterocycles. The van der Waals surface area contributed by atoms with Gasteiger partial charge in [-0.2, -0.15) is 0 Å². The zero-order valence-corrected chi connectivity index (χ0v) is 10.2. The summed E-state index contributed by atoms with van der Waals surface area (Å²) in [5.74, 6) is 0.0514. The average Bonchev–Trinajstić information content (AvgIpc) is 2.45. The van der Waals surface area contributed by atoms with Crippen molar-refractivity contribution in [2.24, 2.45) is 0 Å². The maximum Gasteiger partial charge on any atom is 0.358 e. The normalized spacial score (nSPS) is 19.3. The number of hydrogen-bond donors (Lipinski definition) is 2. The maximum absolute atomic E-state index is 11.3. The summed E-state index contributed by atoms with van der Waals surface area (Å²) >= 11 is 0. The molecule has 7 heteroatoms. The van der Waals surface area contributed by atoms with E-state index < -0.39 is 5.97 Å². The number of carbonyl (C=O) groups is 1. The van der Waals surface area contributed by atoms with Gasteiger partial charge in [0.25, 0.3) is 0 Å². The van der Waals surface area contributed by atoms with E-state index in [-0.39, 0.29) is 11.7 Å². The van der Waals surface area contributed by atoms with E-state index in [1.807, 2.05) is 0 Å². The molecule has 2 rings (SSSR count). The summed E-state index contributed by atoms with van der Waals surface area (Å²) in [6.45, 7) is 2.92. The van der Waals surface area contributed by atoms with Crippen LogP contribution in [0.25, 0.3) is 0 Å². The van der Waals surface area contributed by atoms with Crippen LogP contribution in [0.3, 0.4) is 0 Å². The second kappa shape index (κ2) is 6.27. The third kappa shape index (κ3) is 3.38. The van der Waals surface area contributed by atoms with Crippen molar-refractivity contribution in [1.29, 1.82) is 0 Å². The summed E-state index contributed by atoms with van der Waals surface area (Å²) in [5.41, 5.74) is 0.190. The van der Waals surface area contributed by atoms with Crippen molar-refractivity contribution in [3.05, 3.63) is 18.1 Å². The van der Waals surface area contributed by atoms with Gasteiger partial charge in [0.2, 0.25) is 0 Å². The molecule has 0 saturated carbocycles. The number of carbonyl (C=O) groups excluding carboxylic acids is 1.